The summed E-state index contributed by atoms with van der Waals surface area (Å²) in [6.45, 7) is 6.23. The fourth-order valence-electron chi connectivity index (χ4n) is 8.76. The van der Waals surface area contributed by atoms with Crippen LogP contribution in [0.25, 0.3) is 0 Å². The maximum absolute atomic E-state index is 14.9. The third-order valence-corrected chi connectivity index (χ3v) is 11.6. The largest absolute Gasteiger partial charge is 0.456 e. The molecule has 0 spiro atoms. The van der Waals surface area contributed by atoms with Crippen LogP contribution >= 0.6 is 0 Å². The van der Waals surface area contributed by atoms with Gasteiger partial charge in [-0.15, -0.1) is 0 Å². The highest BCUT2D eigenvalue weighted by Gasteiger charge is 2.78. The molecule has 6 rings (SSSR count). The molecular weight excluding hydrogens is 662 g/mol. The van der Waals surface area contributed by atoms with Gasteiger partial charge in [-0.2, -0.15) is 0 Å². The van der Waals surface area contributed by atoms with Crippen LogP contribution in [0.1, 0.15) is 76.3 Å². The second kappa shape index (κ2) is 12.9. The lowest BCUT2D eigenvalue weighted by atomic mass is 9.44. The monoisotopic (exact) mass is 712 g/mol. The molecule has 13 heteroatoms. The average Bonchev–Trinajstić information content (AvgIpc) is 3.14. The Morgan fingerprint density at radius 3 is 2.29 bits per heavy atom. The molecule has 2 aromatic carbocycles. The number of Topliss-reactive ketones (excluding diaryl/α,β-unsaturated/α-hetero) is 1. The average molecular weight is 713 g/mol. The van der Waals surface area contributed by atoms with Gasteiger partial charge in [-0.05, 0) is 42.6 Å². The van der Waals surface area contributed by atoms with Gasteiger partial charge in [0.15, 0.2) is 17.5 Å². The molecule has 1 aliphatic heterocycles. The number of carbonyl (C=O) groups is 4. The van der Waals surface area contributed by atoms with E-state index in [0.29, 0.717) is 5.56 Å². The number of aliphatic hydroxyl groups is 4. The van der Waals surface area contributed by atoms with Gasteiger partial charge in [-0.3, -0.25) is 9.59 Å². The highest BCUT2D eigenvalue weighted by molar-refractivity contribution is 5.94. The molecule has 0 radical (unpaired) electrons. The first-order valence-corrected chi connectivity index (χ1v) is 16.6. The lowest BCUT2D eigenvalue weighted by molar-refractivity contribution is -0.346. The number of fused-ring (bicyclic) bond motifs is 5. The molecule has 274 valence electrons. The zero-order valence-corrected chi connectivity index (χ0v) is 28.8. The standard InChI is InChI=1S/C38H45NO12/c1-19-23(49-34(46)29(43)27(39)21-12-8-6-9-13-21)17-38(47)32(50-33(45)22-14-10-7-11-15-22)30-36(5,31(44)28(42)26(19)35(38,3)4)24(41)16-25-37(30,18-48-25)51-20(2)40/h6-15,23-25,27-30,32,41-43,47H,16-18,39H2,1-5H3/t23-,24-,25?,27?,28+,29+,30-,32-,36+,37?,38?/m0/s1/i7D,10D,11D,14D,15D. The smallest absolute Gasteiger partial charge is 0.338 e. The molecular formula is C38H45NO12. The Hall–Kier alpha value is -3.98. The van der Waals surface area contributed by atoms with E-state index in [0.717, 1.165) is 6.92 Å². The first-order chi connectivity index (χ1) is 26.0. The molecule has 0 aromatic heterocycles. The zero-order chi connectivity index (χ0) is 41.6. The van der Waals surface area contributed by atoms with E-state index >= 15 is 0 Å². The van der Waals surface area contributed by atoms with E-state index in [1.54, 1.807) is 30.3 Å². The van der Waals surface area contributed by atoms with E-state index in [1.807, 2.05) is 0 Å². The van der Waals surface area contributed by atoms with Crippen molar-refractivity contribution >= 4 is 23.7 Å². The molecule has 0 amide bonds. The van der Waals surface area contributed by atoms with Crippen molar-refractivity contribution < 1.29 is 65.4 Å². The lowest BCUT2D eigenvalue weighted by Crippen LogP contribution is -2.81. The Morgan fingerprint density at radius 1 is 1.06 bits per heavy atom. The molecule has 51 heavy (non-hydrogen) atoms. The van der Waals surface area contributed by atoms with Crippen molar-refractivity contribution in [3.63, 3.8) is 0 Å². The number of nitrogens with two attached hydrogens (primary N) is 1. The zero-order valence-electron chi connectivity index (χ0n) is 33.8. The van der Waals surface area contributed by atoms with Crippen LogP contribution in [0.5, 0.6) is 0 Å². The molecule has 4 aliphatic rings. The summed E-state index contributed by atoms with van der Waals surface area (Å²) in [6, 6.07) is 2.50. The Kier molecular flexibility index (Phi) is 7.75. The summed E-state index contributed by atoms with van der Waals surface area (Å²) in [5.41, 5.74) is -2.83. The second-order valence-electron chi connectivity index (χ2n) is 14.6. The predicted molar refractivity (Wildman–Crippen MR) is 178 cm³/mol. The number of aliphatic hydroxyl groups excluding tert-OH is 3. The molecule has 1 heterocycles. The summed E-state index contributed by atoms with van der Waals surface area (Å²) < 4.78 is 64.8. The molecule has 4 unspecified atom stereocenters. The van der Waals surface area contributed by atoms with Crippen molar-refractivity contribution in [3.8, 4) is 0 Å². The first-order valence-electron chi connectivity index (χ1n) is 19.1. The van der Waals surface area contributed by atoms with E-state index < -0.39 is 143 Å². The maximum Gasteiger partial charge on any atom is 0.338 e. The summed E-state index contributed by atoms with van der Waals surface area (Å²) in [5.74, 6) is -6.41. The molecule has 3 fully saturated rings. The maximum atomic E-state index is 14.9. The molecule has 2 aromatic rings. The van der Waals surface area contributed by atoms with Crippen molar-refractivity contribution in [1.29, 1.82) is 0 Å². The van der Waals surface area contributed by atoms with Crippen LogP contribution in [-0.4, -0.2) is 98.6 Å². The van der Waals surface area contributed by atoms with Gasteiger partial charge in [0.1, 0.15) is 30.0 Å². The Labute approximate surface area is 302 Å². The number of ether oxygens (including phenoxy) is 4. The Bertz CT molecular complexity index is 2000. The number of ketones is 1. The summed E-state index contributed by atoms with van der Waals surface area (Å²) >= 11 is 0. The second-order valence-corrected chi connectivity index (χ2v) is 14.6. The minimum atomic E-state index is -2.56. The van der Waals surface area contributed by atoms with Gasteiger partial charge in [0.2, 0.25) is 0 Å². The lowest BCUT2D eigenvalue weighted by Gasteiger charge is -2.67. The van der Waals surface area contributed by atoms with Gasteiger partial charge >= 0.3 is 17.9 Å². The van der Waals surface area contributed by atoms with Crippen molar-refractivity contribution in [3.05, 3.63) is 82.8 Å². The van der Waals surface area contributed by atoms with E-state index in [4.69, 9.17) is 31.5 Å². The van der Waals surface area contributed by atoms with Crippen molar-refractivity contribution in [2.75, 3.05) is 6.61 Å². The third kappa shape index (κ3) is 5.53. The van der Waals surface area contributed by atoms with E-state index in [-0.39, 0.29) is 17.6 Å². The number of hydrogen-bond acceptors (Lipinski definition) is 13. The number of hydrogen-bond donors (Lipinski definition) is 5. The van der Waals surface area contributed by atoms with Crippen LogP contribution in [-0.2, 0) is 33.3 Å². The molecule has 11 atom stereocenters. The van der Waals surface area contributed by atoms with Crippen molar-refractivity contribution in [2.24, 2.45) is 22.5 Å². The highest BCUT2D eigenvalue weighted by atomic mass is 16.6. The first kappa shape index (κ1) is 30.6. The minimum Gasteiger partial charge on any atom is -0.456 e. The summed E-state index contributed by atoms with van der Waals surface area (Å²) in [4.78, 5) is 55.7. The predicted octanol–water partition coefficient (Wildman–Crippen LogP) is 1.69. The molecule has 3 aliphatic carbocycles. The van der Waals surface area contributed by atoms with Gasteiger partial charge in [-0.25, -0.2) is 9.59 Å². The van der Waals surface area contributed by atoms with E-state index in [1.165, 1.54) is 27.7 Å². The van der Waals surface area contributed by atoms with E-state index in [2.05, 4.69) is 0 Å². The van der Waals surface area contributed by atoms with E-state index in [9.17, 15) is 39.6 Å². The topological polar surface area (TPSA) is 212 Å². The quantitative estimate of drug-likeness (QED) is 0.157. The van der Waals surface area contributed by atoms with Crippen LogP contribution in [0.15, 0.2) is 71.7 Å². The summed E-state index contributed by atoms with van der Waals surface area (Å²) in [5, 5.41) is 48.2. The summed E-state index contributed by atoms with van der Waals surface area (Å²) in [6.07, 6.45) is -11.4. The number of rotatable bonds is 7. The molecule has 2 bridgehead atoms. The molecule has 1 saturated heterocycles. The van der Waals surface area contributed by atoms with Gasteiger partial charge in [0, 0.05) is 25.2 Å². The molecule has 6 N–H and O–H groups in total. The number of benzene rings is 2. The Balaban J connectivity index is 1.57. The Morgan fingerprint density at radius 2 is 1.71 bits per heavy atom. The van der Waals surface area contributed by atoms with Crippen LogP contribution < -0.4 is 5.73 Å². The van der Waals surface area contributed by atoms with Crippen LogP contribution in [0.4, 0.5) is 0 Å². The minimum absolute atomic E-state index is 0.0944. The van der Waals surface area contributed by atoms with Crippen molar-refractivity contribution in [2.45, 2.75) is 101 Å². The molecule has 13 nitrogen and oxygen atoms in total. The van der Waals surface area contributed by atoms with Crippen LogP contribution in [0.3, 0.4) is 0 Å². The molecule has 2 saturated carbocycles. The van der Waals surface area contributed by atoms with Gasteiger partial charge in [-0.1, -0.05) is 62.3 Å². The normalized spacial score (nSPS) is 37.9. The fourth-order valence-corrected chi connectivity index (χ4v) is 8.76. The van der Waals surface area contributed by atoms with Crippen LogP contribution in [0, 0.1) is 16.7 Å². The van der Waals surface area contributed by atoms with Crippen LogP contribution in [0.2, 0.25) is 0 Å². The van der Waals surface area contributed by atoms with Gasteiger partial charge < -0.3 is 45.1 Å². The summed E-state index contributed by atoms with van der Waals surface area (Å²) in [7, 11) is 0. The van der Waals surface area contributed by atoms with Gasteiger partial charge in [0.05, 0.1) is 42.5 Å². The van der Waals surface area contributed by atoms with Gasteiger partial charge in [0.25, 0.3) is 0 Å². The SMILES string of the molecule is [2H]c1c([2H])c([2H])c(C(=O)O[C@H]2[C@@H]3C4(OC(C)=O)COC4C[C@H](O)[C@@]3(C)C(=O)[C@H](O)C3=C(C)[C@@H](OC(=O)[C@H](O)C(N)c4ccccc4)CC2(O)C3(C)C)c([2H])c1[2H]. The fraction of sp³-hybridized carbons (Fsp3) is 0.526. The number of esters is 3. The third-order valence-electron chi connectivity index (χ3n) is 11.6. The number of carbonyl (C=O) groups excluding carboxylic acids is 4. The highest BCUT2D eigenvalue weighted by Crippen LogP contribution is 2.64. The van der Waals surface area contributed by atoms with Crippen molar-refractivity contribution in [1.82, 2.24) is 0 Å².